The van der Waals surface area contributed by atoms with Gasteiger partial charge in [-0.1, -0.05) is 90.3 Å². The van der Waals surface area contributed by atoms with E-state index < -0.39 is 0 Å². The maximum absolute atomic E-state index is 2.39. The summed E-state index contributed by atoms with van der Waals surface area (Å²) in [5.74, 6) is 0. The molecule has 1 aromatic carbocycles. The molecule has 0 saturated heterocycles. The Labute approximate surface area is 164 Å². The molecule has 0 aliphatic carbocycles. The fourth-order valence-electron chi connectivity index (χ4n) is 4.55. The topological polar surface area (TPSA) is 0 Å². The molecule has 26 heavy (non-hydrogen) atoms. The molecule has 0 fully saturated rings. The van der Waals surface area contributed by atoms with Crippen LogP contribution in [-0.2, 0) is 0 Å². The quantitative estimate of drug-likeness (QED) is 0.207. The molecule has 0 spiro atoms. The first-order valence-electron chi connectivity index (χ1n) is 11.6. The van der Waals surface area contributed by atoms with Gasteiger partial charge in [-0.05, 0) is 38.7 Å². The van der Waals surface area contributed by atoms with Crippen molar-refractivity contribution >= 4 is 5.69 Å². The number of quaternary nitrogens is 1. The minimum atomic E-state index is 1.21. The third-order valence-corrected chi connectivity index (χ3v) is 5.87. The summed E-state index contributed by atoms with van der Waals surface area (Å²) in [6, 6.07) is 9.11. The molecule has 1 aromatic rings. The molecule has 0 amide bonds. The van der Waals surface area contributed by atoms with Gasteiger partial charge in [-0.2, -0.15) is 0 Å². The summed E-state index contributed by atoms with van der Waals surface area (Å²) in [5, 5.41) is 0. The van der Waals surface area contributed by atoms with Gasteiger partial charge in [-0.15, -0.1) is 0 Å². The highest BCUT2D eigenvalue weighted by Gasteiger charge is 2.29. The monoisotopic (exact) mass is 360 g/mol. The molecule has 0 aliphatic rings. The lowest BCUT2D eigenvalue weighted by Gasteiger charge is -2.39. The Morgan fingerprint density at radius 3 is 1.58 bits per heavy atom. The van der Waals surface area contributed by atoms with E-state index in [1.165, 1.54) is 107 Å². The summed E-state index contributed by atoms with van der Waals surface area (Å²) < 4.78 is 1.21. The van der Waals surface area contributed by atoms with Gasteiger partial charge in [0.05, 0.1) is 19.6 Å². The van der Waals surface area contributed by atoms with Crippen LogP contribution in [0.1, 0.15) is 103 Å². The SMILES string of the molecule is CCCCCCCCCCCC[N+](CCC)(CCC)c1ccccc1C. The number of benzene rings is 1. The predicted molar refractivity (Wildman–Crippen MR) is 120 cm³/mol. The lowest BCUT2D eigenvalue weighted by atomic mass is 10.0. The Kier molecular flexibility index (Phi) is 12.7. The lowest BCUT2D eigenvalue weighted by molar-refractivity contribution is 0.264. The van der Waals surface area contributed by atoms with Crippen molar-refractivity contribution in [1.82, 2.24) is 4.48 Å². The second-order valence-electron chi connectivity index (χ2n) is 8.28. The maximum atomic E-state index is 2.39. The van der Waals surface area contributed by atoms with E-state index in [0.717, 1.165) is 0 Å². The predicted octanol–water partition coefficient (Wildman–Crippen LogP) is 8.04. The lowest BCUT2D eigenvalue weighted by Crippen LogP contribution is -2.51. The summed E-state index contributed by atoms with van der Waals surface area (Å²) in [5.41, 5.74) is 3.05. The average Bonchev–Trinajstić information content (AvgIpc) is 2.64. The zero-order chi connectivity index (χ0) is 19.1. The van der Waals surface area contributed by atoms with Gasteiger partial charge in [-0.25, -0.2) is 0 Å². The molecule has 0 N–H and O–H groups in total. The molecule has 0 saturated carbocycles. The number of unbranched alkanes of at least 4 members (excludes halogenated alkanes) is 9. The largest absolute Gasteiger partial charge is 0.291 e. The van der Waals surface area contributed by atoms with Crippen molar-refractivity contribution in [2.24, 2.45) is 0 Å². The summed E-state index contributed by atoms with van der Waals surface area (Å²) in [4.78, 5) is 0. The van der Waals surface area contributed by atoms with Crippen LogP contribution in [0.15, 0.2) is 24.3 Å². The summed E-state index contributed by atoms with van der Waals surface area (Å²) in [6.45, 7) is 13.2. The molecule has 1 heteroatoms. The molecule has 1 nitrogen and oxygen atoms in total. The second kappa shape index (κ2) is 14.3. The summed E-state index contributed by atoms with van der Waals surface area (Å²) in [6.07, 6.45) is 16.8. The molecule has 150 valence electrons. The molecule has 0 unspecified atom stereocenters. The van der Waals surface area contributed by atoms with Crippen LogP contribution in [0, 0.1) is 6.92 Å². The molecular weight excluding hydrogens is 314 g/mol. The Morgan fingerprint density at radius 2 is 1.08 bits per heavy atom. The van der Waals surface area contributed by atoms with E-state index in [0.29, 0.717) is 0 Å². The van der Waals surface area contributed by atoms with E-state index in [9.17, 15) is 0 Å². The fraction of sp³-hybridized carbons (Fsp3) is 0.760. The molecular formula is C25H46N+. The molecule has 0 aliphatic heterocycles. The van der Waals surface area contributed by atoms with Crippen molar-refractivity contribution in [3.8, 4) is 0 Å². The fourth-order valence-corrected chi connectivity index (χ4v) is 4.55. The average molecular weight is 361 g/mol. The van der Waals surface area contributed by atoms with E-state index in [4.69, 9.17) is 0 Å². The Balaban J connectivity index is 2.44. The number of para-hydroxylation sites is 1. The van der Waals surface area contributed by atoms with Gasteiger partial charge in [0, 0.05) is 5.56 Å². The highest BCUT2D eigenvalue weighted by Crippen LogP contribution is 2.29. The number of aryl methyl sites for hydroxylation is 1. The minimum absolute atomic E-state index is 1.21. The number of nitrogens with zero attached hydrogens (tertiary/aromatic N) is 1. The molecule has 0 atom stereocenters. The van der Waals surface area contributed by atoms with Crippen molar-refractivity contribution in [1.29, 1.82) is 0 Å². The second-order valence-corrected chi connectivity index (χ2v) is 8.28. The van der Waals surface area contributed by atoms with Gasteiger partial charge < -0.3 is 0 Å². The van der Waals surface area contributed by atoms with E-state index in [1.54, 1.807) is 5.69 Å². The van der Waals surface area contributed by atoms with Crippen LogP contribution in [0.4, 0.5) is 5.69 Å². The summed E-state index contributed by atoms with van der Waals surface area (Å²) in [7, 11) is 0. The maximum Gasteiger partial charge on any atom is 0.135 e. The van der Waals surface area contributed by atoms with Crippen LogP contribution < -0.4 is 4.48 Å². The van der Waals surface area contributed by atoms with Gasteiger partial charge >= 0.3 is 0 Å². The molecule has 0 bridgehead atoms. The van der Waals surface area contributed by atoms with Crippen molar-refractivity contribution in [3.63, 3.8) is 0 Å². The number of hydrogen-bond donors (Lipinski definition) is 0. The molecule has 1 rings (SSSR count). The van der Waals surface area contributed by atoms with E-state index >= 15 is 0 Å². The van der Waals surface area contributed by atoms with E-state index in [-0.39, 0.29) is 0 Å². The Bertz CT molecular complexity index is 445. The normalized spacial score (nSPS) is 11.8. The first-order valence-corrected chi connectivity index (χ1v) is 11.6. The van der Waals surface area contributed by atoms with Crippen LogP contribution in [0.2, 0.25) is 0 Å². The third-order valence-electron chi connectivity index (χ3n) is 5.87. The van der Waals surface area contributed by atoms with Crippen molar-refractivity contribution in [2.75, 3.05) is 19.6 Å². The van der Waals surface area contributed by atoms with E-state index in [2.05, 4.69) is 52.0 Å². The van der Waals surface area contributed by atoms with Crippen LogP contribution in [0.3, 0.4) is 0 Å². The van der Waals surface area contributed by atoms with Gasteiger partial charge in [0.25, 0.3) is 0 Å². The first kappa shape index (κ1) is 23.2. The van der Waals surface area contributed by atoms with Crippen LogP contribution in [0.5, 0.6) is 0 Å². The molecule has 0 aromatic heterocycles. The van der Waals surface area contributed by atoms with Gasteiger partial charge in [0.15, 0.2) is 0 Å². The number of hydrogen-bond acceptors (Lipinski definition) is 0. The highest BCUT2D eigenvalue weighted by atomic mass is 15.4. The van der Waals surface area contributed by atoms with Crippen LogP contribution in [-0.4, -0.2) is 19.6 Å². The molecule has 0 radical (unpaired) electrons. The first-order chi connectivity index (χ1) is 12.7. The highest BCUT2D eigenvalue weighted by molar-refractivity contribution is 5.49. The summed E-state index contributed by atoms with van der Waals surface area (Å²) >= 11 is 0. The van der Waals surface area contributed by atoms with Crippen molar-refractivity contribution in [2.45, 2.75) is 105 Å². The van der Waals surface area contributed by atoms with Gasteiger partial charge in [0.2, 0.25) is 0 Å². The smallest absolute Gasteiger partial charge is 0.135 e. The van der Waals surface area contributed by atoms with Crippen LogP contribution in [0.25, 0.3) is 0 Å². The zero-order valence-corrected chi connectivity index (χ0v) is 18.4. The van der Waals surface area contributed by atoms with Crippen molar-refractivity contribution in [3.05, 3.63) is 29.8 Å². The third kappa shape index (κ3) is 8.25. The van der Waals surface area contributed by atoms with Crippen molar-refractivity contribution < 1.29 is 0 Å². The number of rotatable bonds is 16. The zero-order valence-electron chi connectivity index (χ0n) is 18.4. The molecule has 0 heterocycles. The van der Waals surface area contributed by atoms with E-state index in [1.807, 2.05) is 0 Å². The minimum Gasteiger partial charge on any atom is -0.291 e. The van der Waals surface area contributed by atoms with Crippen LogP contribution >= 0.6 is 0 Å². The Hall–Kier alpha value is -0.820. The van der Waals surface area contributed by atoms with Gasteiger partial charge in [0.1, 0.15) is 5.69 Å². The Morgan fingerprint density at radius 1 is 0.577 bits per heavy atom. The standard InChI is InChI=1S/C25H46N/c1-5-8-9-10-11-12-13-14-15-18-23-26(21-6-2,22-7-3)25-20-17-16-19-24(25)4/h16-17,19-20H,5-15,18,21-23H2,1-4H3/q+1. The van der Waals surface area contributed by atoms with Gasteiger partial charge in [-0.3, -0.25) is 4.48 Å².